The summed E-state index contributed by atoms with van der Waals surface area (Å²) in [5, 5.41) is -0.643. The van der Waals surface area contributed by atoms with Crippen LogP contribution in [-0.4, -0.2) is 16.8 Å². The van der Waals surface area contributed by atoms with Crippen LogP contribution < -0.4 is 0 Å². The van der Waals surface area contributed by atoms with Gasteiger partial charge in [0.05, 0.1) is 0 Å². The van der Waals surface area contributed by atoms with E-state index >= 15 is 0 Å². The molecule has 22 heavy (non-hydrogen) atoms. The van der Waals surface area contributed by atoms with Gasteiger partial charge in [-0.3, -0.25) is 9.59 Å². The first-order chi connectivity index (χ1) is 10.4. The normalized spacial score (nSPS) is 16.7. The van der Waals surface area contributed by atoms with Crippen LogP contribution >= 0.6 is 11.8 Å². The summed E-state index contributed by atoms with van der Waals surface area (Å²) in [5.41, 5.74) is 5.85. The SMILES string of the molecule is Cc1c(C)c(C)c2c(c1C)SC(C(=O)c1ccccc1)C2=O. The number of carbonyl (C=O) groups is 2. The Bertz CT molecular complexity index is 791. The van der Waals surface area contributed by atoms with Crippen LogP contribution in [0.25, 0.3) is 0 Å². The zero-order valence-corrected chi connectivity index (χ0v) is 14.0. The molecule has 2 aromatic carbocycles. The molecule has 0 bridgehead atoms. The third-order valence-corrected chi connectivity index (χ3v) is 6.06. The van der Waals surface area contributed by atoms with Gasteiger partial charge in [-0.25, -0.2) is 0 Å². The number of hydrogen-bond donors (Lipinski definition) is 0. The molecule has 1 atom stereocenters. The van der Waals surface area contributed by atoms with Crippen molar-refractivity contribution in [1.29, 1.82) is 0 Å². The van der Waals surface area contributed by atoms with Crippen LogP contribution in [0.15, 0.2) is 35.2 Å². The monoisotopic (exact) mass is 310 g/mol. The number of rotatable bonds is 2. The number of fused-ring (bicyclic) bond motifs is 1. The second kappa shape index (κ2) is 5.40. The summed E-state index contributed by atoms with van der Waals surface area (Å²) in [7, 11) is 0. The molecule has 0 fully saturated rings. The lowest BCUT2D eigenvalue weighted by atomic mass is 9.91. The van der Waals surface area contributed by atoms with Crippen molar-refractivity contribution in [3.05, 3.63) is 63.7 Å². The molecule has 1 heterocycles. The second-order valence-electron chi connectivity index (χ2n) is 5.80. The molecule has 1 aliphatic rings. The Labute approximate surface area is 134 Å². The predicted octanol–water partition coefficient (Wildman–Crippen LogP) is 4.46. The molecular formula is C19H18O2S. The van der Waals surface area contributed by atoms with Crippen LogP contribution in [0.3, 0.4) is 0 Å². The summed E-state index contributed by atoms with van der Waals surface area (Å²) in [6.07, 6.45) is 0. The molecule has 3 heteroatoms. The van der Waals surface area contributed by atoms with Gasteiger partial charge in [-0.1, -0.05) is 30.3 Å². The zero-order chi connectivity index (χ0) is 16.0. The maximum absolute atomic E-state index is 12.8. The molecule has 0 N–H and O–H groups in total. The topological polar surface area (TPSA) is 34.1 Å². The molecule has 2 aromatic rings. The van der Waals surface area contributed by atoms with Gasteiger partial charge in [-0.05, 0) is 49.9 Å². The average molecular weight is 310 g/mol. The van der Waals surface area contributed by atoms with Crippen LogP contribution in [-0.2, 0) is 0 Å². The van der Waals surface area contributed by atoms with E-state index in [1.165, 1.54) is 17.3 Å². The van der Waals surface area contributed by atoms with Gasteiger partial charge in [0.2, 0.25) is 0 Å². The van der Waals surface area contributed by atoms with Crippen molar-refractivity contribution >= 4 is 23.3 Å². The lowest BCUT2D eigenvalue weighted by Gasteiger charge is -2.13. The maximum atomic E-state index is 12.8. The number of thioether (sulfide) groups is 1. The van der Waals surface area contributed by atoms with E-state index in [2.05, 4.69) is 6.92 Å². The fraction of sp³-hybridized carbons (Fsp3) is 0.263. The molecule has 0 spiro atoms. The van der Waals surface area contributed by atoms with Crippen molar-refractivity contribution in [3.8, 4) is 0 Å². The number of Topliss-reactive ketones (excluding diaryl/α,β-unsaturated/α-hetero) is 2. The first-order valence-corrected chi connectivity index (χ1v) is 8.22. The quantitative estimate of drug-likeness (QED) is 0.606. The molecule has 0 aromatic heterocycles. The molecule has 112 valence electrons. The second-order valence-corrected chi connectivity index (χ2v) is 6.91. The average Bonchev–Trinajstić information content (AvgIpc) is 2.88. The summed E-state index contributed by atoms with van der Waals surface area (Å²) in [6, 6.07) is 9.07. The first kappa shape index (κ1) is 15.0. The first-order valence-electron chi connectivity index (χ1n) is 7.34. The van der Waals surface area contributed by atoms with Crippen LogP contribution in [0.2, 0.25) is 0 Å². The van der Waals surface area contributed by atoms with Crippen molar-refractivity contribution < 1.29 is 9.59 Å². The smallest absolute Gasteiger partial charge is 0.185 e. The van der Waals surface area contributed by atoms with E-state index < -0.39 is 5.25 Å². The molecule has 3 rings (SSSR count). The summed E-state index contributed by atoms with van der Waals surface area (Å²) < 4.78 is 0. The van der Waals surface area contributed by atoms with Crippen LogP contribution in [0.5, 0.6) is 0 Å². The number of carbonyl (C=O) groups excluding carboxylic acids is 2. The zero-order valence-electron chi connectivity index (χ0n) is 13.2. The third kappa shape index (κ3) is 2.12. The fourth-order valence-corrected chi connectivity index (χ4v) is 4.36. The molecule has 0 saturated heterocycles. The lowest BCUT2D eigenvalue weighted by Crippen LogP contribution is -2.23. The van der Waals surface area contributed by atoms with Gasteiger partial charge in [-0.2, -0.15) is 0 Å². The van der Waals surface area contributed by atoms with Crippen molar-refractivity contribution in [3.63, 3.8) is 0 Å². The Balaban J connectivity index is 2.07. The van der Waals surface area contributed by atoms with Gasteiger partial charge in [0.1, 0.15) is 5.25 Å². The maximum Gasteiger partial charge on any atom is 0.185 e. The number of ketones is 2. The molecule has 0 amide bonds. The fourth-order valence-electron chi connectivity index (χ4n) is 2.95. The van der Waals surface area contributed by atoms with Crippen LogP contribution in [0.4, 0.5) is 0 Å². The lowest BCUT2D eigenvalue weighted by molar-refractivity contribution is 0.0906. The number of benzene rings is 2. The molecule has 0 saturated carbocycles. The van der Waals surface area contributed by atoms with E-state index in [4.69, 9.17) is 0 Å². The molecule has 0 aliphatic carbocycles. The minimum atomic E-state index is -0.643. The van der Waals surface area contributed by atoms with E-state index in [9.17, 15) is 9.59 Å². The largest absolute Gasteiger partial charge is 0.292 e. The standard InChI is InChI=1S/C19H18O2S/c1-10-11(2)13(4)18-15(12(10)3)17(21)19(22-18)16(20)14-8-6-5-7-9-14/h5-9,19H,1-4H3. The van der Waals surface area contributed by atoms with Gasteiger partial charge in [0.15, 0.2) is 11.6 Å². The van der Waals surface area contributed by atoms with E-state index in [0.29, 0.717) is 5.56 Å². The van der Waals surface area contributed by atoms with E-state index in [1.807, 2.05) is 39.0 Å². The number of hydrogen-bond acceptors (Lipinski definition) is 3. The molecule has 1 aliphatic heterocycles. The van der Waals surface area contributed by atoms with E-state index in [-0.39, 0.29) is 11.6 Å². The third-order valence-electron chi connectivity index (χ3n) is 4.65. The molecule has 1 unspecified atom stereocenters. The molecular weight excluding hydrogens is 292 g/mol. The summed E-state index contributed by atoms with van der Waals surface area (Å²) in [6.45, 7) is 8.14. The summed E-state index contributed by atoms with van der Waals surface area (Å²) >= 11 is 1.41. The minimum absolute atomic E-state index is 0.0439. The highest BCUT2D eigenvalue weighted by Crippen LogP contribution is 2.44. The van der Waals surface area contributed by atoms with E-state index in [1.54, 1.807) is 12.1 Å². The van der Waals surface area contributed by atoms with E-state index in [0.717, 1.165) is 27.1 Å². The van der Waals surface area contributed by atoms with Crippen LogP contribution in [0.1, 0.15) is 43.0 Å². The van der Waals surface area contributed by atoms with Gasteiger partial charge in [-0.15, -0.1) is 11.8 Å². The summed E-state index contributed by atoms with van der Waals surface area (Å²) in [4.78, 5) is 26.5. The Morgan fingerprint density at radius 2 is 1.50 bits per heavy atom. The van der Waals surface area contributed by atoms with Crippen molar-refractivity contribution in [1.82, 2.24) is 0 Å². The Kier molecular flexibility index (Phi) is 3.69. The highest BCUT2D eigenvalue weighted by molar-refractivity contribution is 8.02. The summed E-state index contributed by atoms with van der Waals surface area (Å²) in [5.74, 6) is -0.140. The Morgan fingerprint density at radius 1 is 0.909 bits per heavy atom. The van der Waals surface area contributed by atoms with Crippen LogP contribution in [0, 0.1) is 27.7 Å². The van der Waals surface area contributed by atoms with Crippen molar-refractivity contribution in [2.75, 3.05) is 0 Å². The van der Waals surface area contributed by atoms with Gasteiger partial charge in [0, 0.05) is 16.0 Å². The highest BCUT2D eigenvalue weighted by Gasteiger charge is 2.39. The predicted molar refractivity (Wildman–Crippen MR) is 90.1 cm³/mol. The van der Waals surface area contributed by atoms with Gasteiger partial charge in [0.25, 0.3) is 0 Å². The minimum Gasteiger partial charge on any atom is -0.292 e. The van der Waals surface area contributed by atoms with Crippen molar-refractivity contribution in [2.45, 2.75) is 37.8 Å². The van der Waals surface area contributed by atoms with Gasteiger partial charge < -0.3 is 0 Å². The highest BCUT2D eigenvalue weighted by atomic mass is 32.2. The Morgan fingerprint density at radius 3 is 2.14 bits per heavy atom. The van der Waals surface area contributed by atoms with Crippen molar-refractivity contribution in [2.24, 2.45) is 0 Å². The molecule has 0 radical (unpaired) electrons. The Hall–Kier alpha value is -1.87. The van der Waals surface area contributed by atoms with Gasteiger partial charge >= 0.3 is 0 Å². The molecule has 2 nitrogen and oxygen atoms in total.